The van der Waals surface area contributed by atoms with Crippen molar-refractivity contribution in [3.05, 3.63) is 84.2 Å². The minimum absolute atomic E-state index is 0.284. The lowest BCUT2D eigenvalue weighted by Gasteiger charge is -2.08. The number of imidazole rings is 1. The minimum atomic E-state index is 0.284. The fraction of sp³-hybridized carbons (Fsp3) is 0.0952. The Labute approximate surface area is 146 Å². The monoisotopic (exact) mass is 329 g/mol. The highest BCUT2D eigenvalue weighted by Crippen LogP contribution is 2.22. The molecular formula is C21H19N3O. The van der Waals surface area contributed by atoms with Gasteiger partial charge in [0.15, 0.2) is 0 Å². The number of fused-ring (bicyclic) bond motifs is 1. The number of phenolic OH excluding ortho intramolecular Hbond substituents is 1. The molecule has 4 rings (SSSR count). The molecule has 4 aromatic rings. The summed E-state index contributed by atoms with van der Waals surface area (Å²) in [5, 5.41) is 12.7. The highest BCUT2D eigenvalue weighted by molar-refractivity contribution is 5.81. The summed E-state index contributed by atoms with van der Waals surface area (Å²) in [5.74, 6) is 0.284. The van der Waals surface area contributed by atoms with E-state index < -0.39 is 0 Å². The van der Waals surface area contributed by atoms with Crippen molar-refractivity contribution in [3.63, 3.8) is 0 Å². The summed E-state index contributed by atoms with van der Waals surface area (Å²) in [4.78, 5) is 4.53. The molecule has 3 aromatic carbocycles. The summed E-state index contributed by atoms with van der Waals surface area (Å²) in [6.45, 7) is 2.78. The molecule has 0 bridgehead atoms. The molecule has 0 radical (unpaired) electrons. The molecule has 4 nitrogen and oxygen atoms in total. The van der Waals surface area contributed by atoms with Crippen molar-refractivity contribution in [1.82, 2.24) is 9.55 Å². The van der Waals surface area contributed by atoms with Gasteiger partial charge in [-0.25, -0.2) is 4.98 Å². The number of nitrogens with one attached hydrogen (secondary N) is 1. The average Bonchev–Trinajstić information content (AvgIpc) is 3.05. The molecule has 0 aliphatic heterocycles. The molecule has 0 aliphatic carbocycles. The van der Waals surface area contributed by atoms with E-state index in [1.807, 2.05) is 18.5 Å². The van der Waals surface area contributed by atoms with Gasteiger partial charge < -0.3 is 10.4 Å². The molecule has 1 aromatic heterocycles. The standard InChI is InChI=1S/C21H19N3O/c1-15-2-7-18(8-3-15)24-14-23-20-12-17(6-11-21(20)24)22-13-16-4-9-19(25)10-5-16/h2-12,14,22,25H,13H2,1H3. The first kappa shape index (κ1) is 15.3. The summed E-state index contributed by atoms with van der Waals surface area (Å²) in [5.41, 5.74) is 6.53. The molecule has 2 N–H and O–H groups in total. The third-order valence-corrected chi connectivity index (χ3v) is 4.29. The van der Waals surface area contributed by atoms with Crippen LogP contribution in [0.4, 0.5) is 5.69 Å². The number of nitrogens with zero attached hydrogens (tertiary/aromatic N) is 2. The predicted molar refractivity (Wildman–Crippen MR) is 101 cm³/mol. The summed E-state index contributed by atoms with van der Waals surface area (Å²) in [6, 6.07) is 21.8. The van der Waals surface area contributed by atoms with E-state index in [2.05, 4.69) is 64.3 Å². The van der Waals surface area contributed by atoms with E-state index in [1.54, 1.807) is 12.1 Å². The maximum atomic E-state index is 9.34. The van der Waals surface area contributed by atoms with Crippen LogP contribution in [0.1, 0.15) is 11.1 Å². The third kappa shape index (κ3) is 3.19. The fourth-order valence-corrected chi connectivity index (χ4v) is 2.85. The minimum Gasteiger partial charge on any atom is -0.508 e. The molecule has 0 aliphatic rings. The molecule has 0 atom stereocenters. The first-order chi connectivity index (χ1) is 12.2. The number of aryl methyl sites for hydroxylation is 1. The van der Waals surface area contributed by atoms with Crippen molar-refractivity contribution < 1.29 is 5.11 Å². The first-order valence-electron chi connectivity index (χ1n) is 8.25. The number of rotatable bonds is 4. The second kappa shape index (κ2) is 6.32. The van der Waals surface area contributed by atoms with Crippen LogP contribution < -0.4 is 5.32 Å². The fourth-order valence-electron chi connectivity index (χ4n) is 2.85. The number of phenols is 1. The maximum absolute atomic E-state index is 9.34. The largest absolute Gasteiger partial charge is 0.508 e. The van der Waals surface area contributed by atoms with E-state index in [0.29, 0.717) is 6.54 Å². The number of anilines is 1. The normalized spacial score (nSPS) is 10.9. The SMILES string of the molecule is Cc1ccc(-n2cnc3cc(NCc4ccc(O)cc4)ccc32)cc1. The van der Waals surface area contributed by atoms with Gasteiger partial charge in [0.25, 0.3) is 0 Å². The zero-order valence-corrected chi connectivity index (χ0v) is 14.0. The average molecular weight is 329 g/mol. The Bertz CT molecular complexity index is 1000. The summed E-state index contributed by atoms with van der Waals surface area (Å²) in [6.07, 6.45) is 1.86. The lowest BCUT2D eigenvalue weighted by Crippen LogP contribution is -1.99. The van der Waals surface area contributed by atoms with E-state index in [-0.39, 0.29) is 5.75 Å². The van der Waals surface area contributed by atoms with Gasteiger partial charge in [0.05, 0.1) is 11.0 Å². The Morgan fingerprint density at radius 1 is 0.960 bits per heavy atom. The topological polar surface area (TPSA) is 50.1 Å². The zero-order chi connectivity index (χ0) is 17.2. The Kier molecular flexibility index (Phi) is 3.86. The molecule has 4 heteroatoms. The van der Waals surface area contributed by atoms with Crippen LogP contribution in [0.3, 0.4) is 0 Å². The lowest BCUT2D eigenvalue weighted by atomic mass is 10.2. The van der Waals surface area contributed by atoms with E-state index in [1.165, 1.54) is 5.56 Å². The van der Waals surface area contributed by atoms with Crippen LogP contribution in [-0.4, -0.2) is 14.7 Å². The van der Waals surface area contributed by atoms with Gasteiger partial charge in [-0.3, -0.25) is 4.57 Å². The lowest BCUT2D eigenvalue weighted by molar-refractivity contribution is 0.475. The maximum Gasteiger partial charge on any atom is 0.115 e. The van der Waals surface area contributed by atoms with Crippen molar-refractivity contribution in [2.75, 3.05) is 5.32 Å². The van der Waals surface area contributed by atoms with Gasteiger partial charge in [-0.15, -0.1) is 0 Å². The number of hydrogen-bond acceptors (Lipinski definition) is 3. The van der Waals surface area contributed by atoms with Crippen LogP contribution in [-0.2, 0) is 6.54 Å². The van der Waals surface area contributed by atoms with Crippen molar-refractivity contribution in [2.24, 2.45) is 0 Å². The van der Waals surface area contributed by atoms with Crippen LogP contribution in [0.2, 0.25) is 0 Å². The molecule has 124 valence electrons. The Balaban J connectivity index is 1.57. The molecule has 0 unspecified atom stereocenters. The smallest absolute Gasteiger partial charge is 0.115 e. The van der Waals surface area contributed by atoms with Gasteiger partial charge in [0.2, 0.25) is 0 Å². The van der Waals surface area contributed by atoms with Crippen LogP contribution in [0.15, 0.2) is 73.1 Å². The van der Waals surface area contributed by atoms with Gasteiger partial charge in [0.1, 0.15) is 12.1 Å². The summed E-state index contributed by atoms with van der Waals surface area (Å²) in [7, 11) is 0. The molecule has 0 spiro atoms. The molecule has 25 heavy (non-hydrogen) atoms. The van der Waals surface area contributed by atoms with E-state index in [4.69, 9.17) is 0 Å². The second-order valence-corrected chi connectivity index (χ2v) is 6.17. The van der Waals surface area contributed by atoms with Gasteiger partial charge in [0, 0.05) is 17.9 Å². The van der Waals surface area contributed by atoms with Crippen LogP contribution in [0.25, 0.3) is 16.7 Å². The molecular weight excluding hydrogens is 310 g/mol. The Morgan fingerprint density at radius 2 is 1.72 bits per heavy atom. The van der Waals surface area contributed by atoms with E-state index in [9.17, 15) is 5.11 Å². The molecule has 0 saturated heterocycles. The highest BCUT2D eigenvalue weighted by Gasteiger charge is 2.05. The van der Waals surface area contributed by atoms with Gasteiger partial charge >= 0.3 is 0 Å². The summed E-state index contributed by atoms with van der Waals surface area (Å²) >= 11 is 0. The molecule has 0 fully saturated rings. The number of hydrogen-bond donors (Lipinski definition) is 2. The van der Waals surface area contributed by atoms with Gasteiger partial charge in [-0.05, 0) is 55.0 Å². The molecule has 1 heterocycles. The first-order valence-corrected chi connectivity index (χ1v) is 8.25. The predicted octanol–water partition coefficient (Wildman–Crippen LogP) is 4.65. The summed E-state index contributed by atoms with van der Waals surface area (Å²) < 4.78 is 2.10. The number of benzene rings is 3. The molecule has 0 amide bonds. The van der Waals surface area contributed by atoms with Crippen molar-refractivity contribution in [2.45, 2.75) is 13.5 Å². The third-order valence-electron chi connectivity index (χ3n) is 4.29. The number of aromatic nitrogens is 2. The molecule has 0 saturated carbocycles. The van der Waals surface area contributed by atoms with Crippen molar-refractivity contribution in [3.8, 4) is 11.4 Å². The van der Waals surface area contributed by atoms with Crippen LogP contribution in [0.5, 0.6) is 5.75 Å². The zero-order valence-electron chi connectivity index (χ0n) is 14.0. The highest BCUT2D eigenvalue weighted by atomic mass is 16.3. The van der Waals surface area contributed by atoms with Crippen LogP contribution in [0, 0.1) is 6.92 Å². The second-order valence-electron chi connectivity index (χ2n) is 6.17. The quantitative estimate of drug-likeness (QED) is 0.573. The van der Waals surface area contributed by atoms with Crippen LogP contribution >= 0.6 is 0 Å². The number of aromatic hydroxyl groups is 1. The van der Waals surface area contributed by atoms with Crippen molar-refractivity contribution >= 4 is 16.7 Å². The van der Waals surface area contributed by atoms with Gasteiger partial charge in [-0.1, -0.05) is 29.8 Å². The van der Waals surface area contributed by atoms with Crippen molar-refractivity contribution in [1.29, 1.82) is 0 Å². The van der Waals surface area contributed by atoms with E-state index in [0.717, 1.165) is 28.0 Å². The van der Waals surface area contributed by atoms with E-state index >= 15 is 0 Å². The Morgan fingerprint density at radius 3 is 2.48 bits per heavy atom. The Hall–Kier alpha value is -3.27. The van der Waals surface area contributed by atoms with Gasteiger partial charge in [-0.2, -0.15) is 0 Å².